The van der Waals surface area contributed by atoms with Crippen LogP contribution in [0.25, 0.3) is 0 Å². The second kappa shape index (κ2) is 15.0. The Hall–Kier alpha value is -0.0800. The molecule has 0 aliphatic carbocycles. The van der Waals surface area contributed by atoms with Crippen molar-refractivity contribution in [1.82, 2.24) is 5.32 Å². The Labute approximate surface area is 115 Å². The maximum absolute atomic E-state index is 8.74. The van der Waals surface area contributed by atoms with E-state index in [1.165, 1.54) is 57.9 Å². The molecular weight excluding hydrogens is 222 g/mol. The van der Waals surface area contributed by atoms with Gasteiger partial charge in [0.15, 0.2) is 0 Å². The quantitative estimate of drug-likeness (QED) is 0.459. The molecule has 0 fully saturated rings. The normalized spacial score (nSPS) is 12.8. The molecule has 0 saturated carbocycles. The molecule has 2 nitrogen and oxygen atoms in total. The smallest absolute Gasteiger partial charge is 0.0431 e. The average molecular weight is 257 g/mol. The van der Waals surface area contributed by atoms with Crippen LogP contribution in [0, 0.1) is 5.92 Å². The van der Waals surface area contributed by atoms with Crippen molar-refractivity contribution in [2.24, 2.45) is 5.92 Å². The number of rotatable bonds is 14. The van der Waals surface area contributed by atoms with E-state index in [4.69, 9.17) is 5.11 Å². The number of aliphatic hydroxyl groups excluding tert-OH is 1. The summed E-state index contributed by atoms with van der Waals surface area (Å²) in [5, 5.41) is 12.3. The van der Waals surface area contributed by atoms with Gasteiger partial charge in [-0.25, -0.2) is 0 Å². The fraction of sp³-hybridized carbons (Fsp3) is 1.00. The molecule has 0 bridgehead atoms. The van der Waals surface area contributed by atoms with E-state index in [9.17, 15) is 0 Å². The van der Waals surface area contributed by atoms with Crippen LogP contribution in [-0.4, -0.2) is 24.8 Å². The number of unbranched alkanes of at least 4 members (excludes halogenated alkanes) is 7. The molecule has 18 heavy (non-hydrogen) atoms. The number of hydrogen-bond acceptors (Lipinski definition) is 2. The molecule has 0 aliphatic rings. The molecule has 0 spiro atoms. The van der Waals surface area contributed by atoms with E-state index < -0.39 is 0 Å². The number of nitrogens with one attached hydrogen (secondary N) is 1. The van der Waals surface area contributed by atoms with Gasteiger partial charge in [0.1, 0.15) is 0 Å². The van der Waals surface area contributed by atoms with Crippen molar-refractivity contribution < 1.29 is 5.11 Å². The van der Waals surface area contributed by atoms with Crippen LogP contribution in [0.3, 0.4) is 0 Å². The monoisotopic (exact) mass is 257 g/mol. The third-order valence-corrected chi connectivity index (χ3v) is 3.55. The first-order valence-corrected chi connectivity index (χ1v) is 8.12. The zero-order chi connectivity index (χ0) is 13.5. The topological polar surface area (TPSA) is 32.3 Å². The minimum absolute atomic E-state index is 0.336. The van der Waals surface area contributed by atoms with Crippen LogP contribution in [0.1, 0.15) is 78.1 Å². The Balaban J connectivity index is 3.02. The Bertz CT molecular complexity index is 150. The third kappa shape index (κ3) is 14.0. The first-order valence-electron chi connectivity index (χ1n) is 8.12. The molecule has 0 radical (unpaired) electrons. The maximum atomic E-state index is 8.74. The summed E-state index contributed by atoms with van der Waals surface area (Å²) in [5.41, 5.74) is 0. The van der Waals surface area contributed by atoms with Gasteiger partial charge < -0.3 is 10.4 Å². The van der Waals surface area contributed by atoms with Gasteiger partial charge in [-0.1, -0.05) is 58.8 Å². The van der Waals surface area contributed by atoms with Crippen molar-refractivity contribution in [3.8, 4) is 0 Å². The summed E-state index contributed by atoms with van der Waals surface area (Å²) in [5.74, 6) is 0.700. The highest BCUT2D eigenvalue weighted by Gasteiger charge is 2.00. The summed E-state index contributed by atoms with van der Waals surface area (Å²) in [6.45, 7) is 7.14. The van der Waals surface area contributed by atoms with Gasteiger partial charge in [-0.3, -0.25) is 0 Å². The van der Waals surface area contributed by atoms with Crippen molar-refractivity contribution in [2.45, 2.75) is 78.1 Å². The molecule has 0 heterocycles. The molecule has 1 atom stereocenters. The maximum Gasteiger partial charge on any atom is 0.0431 e. The van der Waals surface area contributed by atoms with Crippen molar-refractivity contribution >= 4 is 0 Å². The van der Waals surface area contributed by atoms with E-state index in [0.29, 0.717) is 12.5 Å². The summed E-state index contributed by atoms with van der Waals surface area (Å²) in [7, 11) is 0. The highest BCUT2D eigenvalue weighted by Crippen LogP contribution is 2.08. The van der Waals surface area contributed by atoms with Crippen molar-refractivity contribution in [2.75, 3.05) is 19.7 Å². The molecule has 1 unspecified atom stereocenters. The molecule has 110 valence electrons. The third-order valence-electron chi connectivity index (χ3n) is 3.55. The van der Waals surface area contributed by atoms with E-state index in [1.807, 2.05) is 0 Å². The lowest BCUT2D eigenvalue weighted by molar-refractivity contribution is 0.272. The standard InChI is InChI=1S/C16H35NO/c1-3-4-5-6-7-8-9-10-13-17-15-16(2)12-11-14-18/h16-18H,3-15H2,1-2H3. The zero-order valence-electron chi connectivity index (χ0n) is 12.7. The van der Waals surface area contributed by atoms with Gasteiger partial charge >= 0.3 is 0 Å². The van der Waals surface area contributed by atoms with Crippen LogP contribution in [0.2, 0.25) is 0 Å². The Morgan fingerprint density at radius 2 is 1.50 bits per heavy atom. The van der Waals surface area contributed by atoms with E-state index in [-0.39, 0.29) is 0 Å². The predicted octanol–water partition coefficient (Wildman–Crippen LogP) is 4.13. The van der Waals surface area contributed by atoms with Crippen molar-refractivity contribution in [3.63, 3.8) is 0 Å². The Morgan fingerprint density at radius 1 is 0.889 bits per heavy atom. The molecule has 2 heteroatoms. The van der Waals surface area contributed by atoms with Gasteiger partial charge in [0.25, 0.3) is 0 Å². The zero-order valence-corrected chi connectivity index (χ0v) is 12.7. The van der Waals surface area contributed by atoms with Crippen LogP contribution in [0.4, 0.5) is 0 Å². The van der Waals surface area contributed by atoms with E-state index >= 15 is 0 Å². The summed E-state index contributed by atoms with van der Waals surface area (Å²) in [6, 6.07) is 0. The van der Waals surface area contributed by atoms with Crippen LogP contribution in [0.5, 0.6) is 0 Å². The van der Waals surface area contributed by atoms with E-state index in [0.717, 1.165) is 19.4 Å². The lowest BCUT2D eigenvalue weighted by Gasteiger charge is -2.11. The van der Waals surface area contributed by atoms with Crippen LogP contribution in [0.15, 0.2) is 0 Å². The molecule has 0 aromatic carbocycles. The Morgan fingerprint density at radius 3 is 2.11 bits per heavy atom. The molecule has 0 rings (SSSR count). The summed E-state index contributed by atoms with van der Waals surface area (Å²) in [4.78, 5) is 0. The minimum Gasteiger partial charge on any atom is -0.396 e. The molecule has 0 aromatic heterocycles. The van der Waals surface area contributed by atoms with Crippen LogP contribution >= 0.6 is 0 Å². The second-order valence-electron chi connectivity index (χ2n) is 5.65. The summed E-state index contributed by atoms with van der Waals surface area (Å²) < 4.78 is 0. The Kier molecular flexibility index (Phi) is 14.9. The fourth-order valence-corrected chi connectivity index (χ4v) is 2.27. The first kappa shape index (κ1) is 17.9. The van der Waals surface area contributed by atoms with Gasteiger partial charge in [0.05, 0.1) is 0 Å². The SMILES string of the molecule is CCCCCCCCCCNCC(C)CCCO. The lowest BCUT2D eigenvalue weighted by Crippen LogP contribution is -2.22. The molecule has 2 N–H and O–H groups in total. The molecule has 0 aromatic rings. The van der Waals surface area contributed by atoms with Gasteiger partial charge in [0, 0.05) is 6.61 Å². The van der Waals surface area contributed by atoms with Gasteiger partial charge in [0.2, 0.25) is 0 Å². The van der Waals surface area contributed by atoms with E-state index in [1.54, 1.807) is 0 Å². The summed E-state index contributed by atoms with van der Waals surface area (Å²) in [6.07, 6.45) is 13.2. The van der Waals surface area contributed by atoms with Gasteiger partial charge in [-0.15, -0.1) is 0 Å². The summed E-state index contributed by atoms with van der Waals surface area (Å²) >= 11 is 0. The fourth-order valence-electron chi connectivity index (χ4n) is 2.27. The number of aliphatic hydroxyl groups is 1. The van der Waals surface area contributed by atoms with Crippen molar-refractivity contribution in [1.29, 1.82) is 0 Å². The average Bonchev–Trinajstić information content (AvgIpc) is 2.38. The lowest BCUT2D eigenvalue weighted by atomic mass is 10.1. The van der Waals surface area contributed by atoms with Crippen LogP contribution < -0.4 is 5.32 Å². The highest BCUT2D eigenvalue weighted by molar-refractivity contribution is 4.57. The van der Waals surface area contributed by atoms with Crippen molar-refractivity contribution in [3.05, 3.63) is 0 Å². The first-order chi connectivity index (χ1) is 8.81. The van der Waals surface area contributed by atoms with E-state index in [2.05, 4.69) is 19.2 Å². The van der Waals surface area contributed by atoms with Crippen LogP contribution in [-0.2, 0) is 0 Å². The molecule has 0 aliphatic heterocycles. The molecule has 0 saturated heterocycles. The minimum atomic E-state index is 0.336. The van der Waals surface area contributed by atoms with Gasteiger partial charge in [-0.05, 0) is 38.3 Å². The highest BCUT2D eigenvalue weighted by atomic mass is 16.2. The predicted molar refractivity (Wildman–Crippen MR) is 81.0 cm³/mol. The largest absolute Gasteiger partial charge is 0.396 e. The second-order valence-corrected chi connectivity index (χ2v) is 5.65. The molecule has 0 amide bonds. The van der Waals surface area contributed by atoms with Gasteiger partial charge in [-0.2, -0.15) is 0 Å². The number of hydrogen-bond donors (Lipinski definition) is 2. The molecular formula is C16H35NO.